The molecule has 1 aromatic carbocycles. The van der Waals surface area contributed by atoms with Crippen molar-refractivity contribution in [3.63, 3.8) is 0 Å². The number of rotatable bonds is 5. The molecule has 0 spiro atoms. The number of imidazole rings is 1. The Morgan fingerprint density at radius 1 is 1.32 bits per heavy atom. The molecule has 1 aromatic heterocycles. The zero-order chi connectivity index (χ0) is 17.6. The van der Waals surface area contributed by atoms with Gasteiger partial charge in [0, 0.05) is 39.1 Å². The Hall–Kier alpha value is -2.67. The van der Waals surface area contributed by atoms with Gasteiger partial charge in [0.15, 0.2) is 0 Å². The number of aromatic nitrogens is 2. The predicted octanol–water partition coefficient (Wildman–Crippen LogP) is 0.252. The fourth-order valence-corrected chi connectivity index (χ4v) is 3.05. The Balaban J connectivity index is 1.57. The monoisotopic (exact) mass is 341 g/mol. The maximum Gasteiger partial charge on any atom is 0.242 e. The maximum absolute atomic E-state index is 12.6. The highest BCUT2D eigenvalue weighted by Crippen LogP contribution is 2.20. The van der Waals surface area contributed by atoms with Gasteiger partial charge < -0.3 is 20.1 Å². The van der Waals surface area contributed by atoms with Crippen molar-refractivity contribution in [2.75, 3.05) is 26.2 Å². The lowest BCUT2D eigenvalue weighted by molar-refractivity contribution is -0.135. The Kier molecular flexibility index (Phi) is 5.45. The third-order valence-corrected chi connectivity index (χ3v) is 4.36. The highest BCUT2D eigenvalue weighted by Gasteiger charge is 2.30. The molecule has 0 radical (unpaired) electrons. The number of piperazine rings is 1. The van der Waals surface area contributed by atoms with Gasteiger partial charge in [-0.1, -0.05) is 30.3 Å². The van der Waals surface area contributed by atoms with Crippen molar-refractivity contribution in [2.24, 2.45) is 7.05 Å². The van der Waals surface area contributed by atoms with Gasteiger partial charge in [-0.2, -0.15) is 0 Å². The molecule has 0 bridgehead atoms. The number of nitrogens with one attached hydrogen (secondary N) is 2. The first kappa shape index (κ1) is 17.2. The molecule has 1 unspecified atom stereocenters. The average Bonchev–Trinajstić information content (AvgIpc) is 3.06. The van der Waals surface area contributed by atoms with Crippen LogP contribution < -0.4 is 10.6 Å². The lowest BCUT2D eigenvalue weighted by Gasteiger charge is -2.35. The molecule has 25 heavy (non-hydrogen) atoms. The molecule has 1 aliphatic rings. The van der Waals surface area contributed by atoms with Gasteiger partial charge in [-0.05, 0) is 5.56 Å². The minimum atomic E-state index is -0.150. The van der Waals surface area contributed by atoms with Gasteiger partial charge in [0.1, 0.15) is 11.9 Å². The molecule has 0 aliphatic carbocycles. The van der Waals surface area contributed by atoms with Crippen molar-refractivity contribution in [2.45, 2.75) is 12.5 Å². The molecule has 0 saturated carbocycles. The first-order valence-corrected chi connectivity index (χ1v) is 8.43. The Morgan fingerprint density at radius 2 is 2.12 bits per heavy atom. The molecule has 2 heterocycles. The second-order valence-corrected chi connectivity index (χ2v) is 6.14. The van der Waals surface area contributed by atoms with Crippen molar-refractivity contribution in [3.05, 3.63) is 54.1 Å². The van der Waals surface area contributed by atoms with Gasteiger partial charge in [-0.3, -0.25) is 9.59 Å². The smallest absolute Gasteiger partial charge is 0.242 e. The molecule has 1 atom stereocenters. The maximum atomic E-state index is 12.6. The number of hydrogen-bond acceptors (Lipinski definition) is 4. The van der Waals surface area contributed by atoms with Crippen LogP contribution in [0.15, 0.2) is 42.7 Å². The molecule has 3 rings (SSSR count). The van der Waals surface area contributed by atoms with E-state index < -0.39 is 0 Å². The summed E-state index contributed by atoms with van der Waals surface area (Å²) in [6.07, 6.45) is 3.88. The van der Waals surface area contributed by atoms with Crippen LogP contribution in [-0.2, 0) is 23.1 Å². The van der Waals surface area contributed by atoms with E-state index in [1.54, 1.807) is 11.1 Å². The van der Waals surface area contributed by atoms with Gasteiger partial charge in [0.05, 0.1) is 13.0 Å². The number of hydrogen-bond donors (Lipinski definition) is 2. The topological polar surface area (TPSA) is 79.3 Å². The fraction of sp³-hybridized carbons (Fsp3) is 0.389. The van der Waals surface area contributed by atoms with Crippen LogP contribution in [0.25, 0.3) is 0 Å². The summed E-state index contributed by atoms with van der Waals surface area (Å²) in [6, 6.07) is 9.38. The Morgan fingerprint density at radius 3 is 2.84 bits per heavy atom. The largest absolute Gasteiger partial charge is 0.347 e. The zero-order valence-corrected chi connectivity index (χ0v) is 14.3. The molecule has 2 aromatic rings. The zero-order valence-electron chi connectivity index (χ0n) is 14.3. The van der Waals surface area contributed by atoms with E-state index in [4.69, 9.17) is 0 Å². The summed E-state index contributed by atoms with van der Waals surface area (Å²) in [5.41, 5.74) is 0.931. The van der Waals surface area contributed by atoms with Crippen LogP contribution in [0.3, 0.4) is 0 Å². The molecule has 7 nitrogen and oxygen atoms in total. The van der Waals surface area contributed by atoms with Gasteiger partial charge >= 0.3 is 0 Å². The summed E-state index contributed by atoms with van der Waals surface area (Å²) >= 11 is 0. The summed E-state index contributed by atoms with van der Waals surface area (Å²) in [5.74, 6) is 0.607. The molecule has 1 aliphatic heterocycles. The van der Waals surface area contributed by atoms with Crippen LogP contribution in [0.2, 0.25) is 0 Å². The van der Waals surface area contributed by atoms with Crippen molar-refractivity contribution in [1.82, 2.24) is 25.1 Å². The summed E-state index contributed by atoms with van der Waals surface area (Å²) in [4.78, 5) is 30.8. The molecule has 2 amide bonds. The van der Waals surface area contributed by atoms with Gasteiger partial charge in [0.25, 0.3) is 0 Å². The van der Waals surface area contributed by atoms with Crippen LogP contribution in [0, 0.1) is 0 Å². The summed E-state index contributed by atoms with van der Waals surface area (Å²) in [6.45, 7) is 2.01. The van der Waals surface area contributed by atoms with Crippen LogP contribution in [0.1, 0.15) is 17.4 Å². The molecule has 132 valence electrons. The van der Waals surface area contributed by atoms with E-state index in [0.717, 1.165) is 17.9 Å². The van der Waals surface area contributed by atoms with Crippen LogP contribution in [0.5, 0.6) is 0 Å². The second kappa shape index (κ2) is 7.94. The number of carbonyl (C=O) groups excluding carboxylic acids is 2. The minimum Gasteiger partial charge on any atom is -0.347 e. The van der Waals surface area contributed by atoms with E-state index in [2.05, 4.69) is 15.6 Å². The van der Waals surface area contributed by atoms with E-state index in [-0.39, 0.29) is 30.8 Å². The summed E-state index contributed by atoms with van der Waals surface area (Å²) < 4.78 is 1.92. The summed E-state index contributed by atoms with van der Waals surface area (Å²) in [7, 11) is 1.92. The first-order chi connectivity index (χ1) is 12.1. The minimum absolute atomic E-state index is 0.00654. The van der Waals surface area contributed by atoms with Crippen LogP contribution in [-0.4, -0.2) is 52.4 Å². The second-order valence-electron chi connectivity index (χ2n) is 6.14. The lowest BCUT2D eigenvalue weighted by atomic mass is 10.1. The Bertz CT molecular complexity index is 728. The van der Waals surface area contributed by atoms with E-state index in [1.165, 1.54) is 0 Å². The van der Waals surface area contributed by atoms with E-state index in [0.29, 0.717) is 13.1 Å². The number of aryl methyl sites for hydroxylation is 1. The first-order valence-electron chi connectivity index (χ1n) is 8.43. The molecule has 1 saturated heterocycles. The molecule has 7 heteroatoms. The molecule has 2 N–H and O–H groups in total. The third-order valence-electron chi connectivity index (χ3n) is 4.36. The number of carbonyl (C=O) groups is 2. The van der Waals surface area contributed by atoms with Crippen molar-refractivity contribution in [1.29, 1.82) is 0 Å². The quantitative estimate of drug-likeness (QED) is 0.817. The van der Waals surface area contributed by atoms with Gasteiger partial charge in [-0.25, -0.2) is 4.98 Å². The van der Waals surface area contributed by atoms with Crippen LogP contribution >= 0.6 is 0 Å². The van der Waals surface area contributed by atoms with E-state index in [9.17, 15) is 9.59 Å². The normalized spacial score (nSPS) is 17.3. The number of nitrogens with zero attached hydrogens (tertiary/aromatic N) is 3. The number of benzene rings is 1. The van der Waals surface area contributed by atoms with Crippen LogP contribution in [0.4, 0.5) is 0 Å². The molecular weight excluding hydrogens is 318 g/mol. The Labute approximate surface area is 147 Å². The van der Waals surface area contributed by atoms with E-state index in [1.807, 2.05) is 48.1 Å². The third kappa shape index (κ3) is 4.24. The SMILES string of the molecule is Cn1ccnc1C1CNCCN1C(=O)CNC(=O)Cc1ccccc1. The average molecular weight is 341 g/mol. The van der Waals surface area contributed by atoms with Crippen molar-refractivity contribution >= 4 is 11.8 Å². The fourth-order valence-electron chi connectivity index (χ4n) is 3.05. The van der Waals surface area contributed by atoms with Gasteiger partial charge in [0.2, 0.25) is 11.8 Å². The molecule has 1 fully saturated rings. The number of amides is 2. The molecular formula is C18H23N5O2. The van der Waals surface area contributed by atoms with Crippen molar-refractivity contribution in [3.8, 4) is 0 Å². The van der Waals surface area contributed by atoms with Gasteiger partial charge in [-0.15, -0.1) is 0 Å². The standard InChI is InChI=1S/C18H23N5O2/c1-22-9-8-20-18(22)15-12-19-7-10-23(15)17(25)13-21-16(24)11-14-5-3-2-4-6-14/h2-6,8-9,15,19H,7,10-13H2,1H3,(H,21,24). The van der Waals surface area contributed by atoms with Crippen molar-refractivity contribution < 1.29 is 9.59 Å². The predicted molar refractivity (Wildman–Crippen MR) is 93.7 cm³/mol. The highest BCUT2D eigenvalue weighted by atomic mass is 16.2. The lowest BCUT2D eigenvalue weighted by Crippen LogP contribution is -2.52. The van der Waals surface area contributed by atoms with E-state index >= 15 is 0 Å². The summed E-state index contributed by atoms with van der Waals surface area (Å²) in [5, 5.41) is 6.03. The highest BCUT2D eigenvalue weighted by molar-refractivity contribution is 5.86.